The minimum absolute atomic E-state index is 0.0247. The largest absolute Gasteiger partial charge is 0.573 e. The van der Waals surface area contributed by atoms with Crippen molar-refractivity contribution in [2.24, 2.45) is 0 Å². The number of rotatable bonds is 5. The predicted octanol–water partition coefficient (Wildman–Crippen LogP) is 4.75. The highest BCUT2D eigenvalue weighted by atomic mass is 19.4. The Kier molecular flexibility index (Phi) is 5.92. The Labute approximate surface area is 177 Å². The lowest BCUT2D eigenvalue weighted by atomic mass is 10.1. The zero-order valence-corrected chi connectivity index (χ0v) is 16.7. The summed E-state index contributed by atoms with van der Waals surface area (Å²) >= 11 is 0. The minimum atomic E-state index is -4.74. The number of nitrogens with one attached hydrogen (secondary N) is 1. The van der Waals surface area contributed by atoms with E-state index in [9.17, 15) is 18.0 Å². The molecule has 0 saturated carbocycles. The highest BCUT2D eigenvalue weighted by molar-refractivity contribution is 5.92. The summed E-state index contributed by atoms with van der Waals surface area (Å²) in [5.41, 5.74) is 2.06. The van der Waals surface area contributed by atoms with Gasteiger partial charge < -0.3 is 14.6 Å². The molecule has 6 nitrogen and oxygen atoms in total. The molecule has 31 heavy (non-hydrogen) atoms. The van der Waals surface area contributed by atoms with Gasteiger partial charge in [0.1, 0.15) is 11.6 Å². The van der Waals surface area contributed by atoms with Gasteiger partial charge in [-0.05, 0) is 42.7 Å². The topological polar surface area (TPSA) is 69.0 Å². The predicted molar refractivity (Wildman–Crippen MR) is 108 cm³/mol. The van der Waals surface area contributed by atoms with Crippen molar-refractivity contribution in [3.05, 3.63) is 59.9 Å². The van der Waals surface area contributed by atoms with E-state index >= 15 is 0 Å². The summed E-state index contributed by atoms with van der Waals surface area (Å²) in [6.07, 6.45) is -0.444. The molecule has 1 aliphatic rings. The summed E-state index contributed by atoms with van der Waals surface area (Å²) in [4.78, 5) is 12.4. The Hall–Kier alpha value is -3.36. The number of aryl methyl sites for hydroxylation is 1. The molecule has 0 unspecified atom stereocenters. The van der Waals surface area contributed by atoms with Gasteiger partial charge in [-0.1, -0.05) is 30.7 Å². The normalized spacial score (nSPS) is 13.9. The van der Waals surface area contributed by atoms with E-state index in [2.05, 4.69) is 24.8 Å². The second-order valence-corrected chi connectivity index (χ2v) is 7.40. The van der Waals surface area contributed by atoms with Gasteiger partial charge in [0.15, 0.2) is 5.82 Å². The molecular formula is C22H21F3N4O2. The molecule has 0 saturated heterocycles. The highest BCUT2D eigenvalue weighted by Crippen LogP contribution is 2.25. The average Bonchev–Trinajstić information content (AvgIpc) is 2.97. The van der Waals surface area contributed by atoms with E-state index in [0.29, 0.717) is 11.3 Å². The van der Waals surface area contributed by atoms with Crippen molar-refractivity contribution in [2.45, 2.75) is 45.0 Å². The molecule has 0 bridgehead atoms. The molecule has 0 aliphatic carbocycles. The van der Waals surface area contributed by atoms with Gasteiger partial charge in [-0.3, -0.25) is 4.79 Å². The van der Waals surface area contributed by atoms with E-state index in [1.807, 2.05) is 18.2 Å². The number of carbonyl (C=O) groups is 1. The van der Waals surface area contributed by atoms with Gasteiger partial charge in [0, 0.05) is 24.2 Å². The van der Waals surface area contributed by atoms with Crippen LogP contribution in [0, 0.1) is 0 Å². The van der Waals surface area contributed by atoms with Crippen LogP contribution in [-0.4, -0.2) is 27.0 Å². The van der Waals surface area contributed by atoms with Gasteiger partial charge in [-0.25, -0.2) is 0 Å². The molecule has 0 radical (unpaired) electrons. The van der Waals surface area contributed by atoms with Gasteiger partial charge in [0.25, 0.3) is 0 Å². The van der Waals surface area contributed by atoms with Crippen molar-refractivity contribution >= 4 is 11.6 Å². The molecule has 3 aromatic rings. The second-order valence-electron chi connectivity index (χ2n) is 7.40. The summed E-state index contributed by atoms with van der Waals surface area (Å²) in [5, 5.41) is 11.5. The van der Waals surface area contributed by atoms with Crippen LogP contribution in [0.3, 0.4) is 0 Å². The summed E-state index contributed by atoms with van der Waals surface area (Å²) in [6.45, 7) is 0.877. The lowest BCUT2D eigenvalue weighted by Gasteiger charge is -2.10. The number of amides is 1. The number of hydrogen-bond donors (Lipinski definition) is 1. The van der Waals surface area contributed by atoms with E-state index < -0.39 is 6.36 Å². The third-order valence-corrected chi connectivity index (χ3v) is 5.04. The van der Waals surface area contributed by atoms with Gasteiger partial charge in [0.2, 0.25) is 5.91 Å². The molecule has 162 valence electrons. The number of nitrogens with zero attached hydrogens (tertiary/aromatic N) is 3. The fourth-order valence-electron chi connectivity index (χ4n) is 3.63. The van der Waals surface area contributed by atoms with Crippen molar-refractivity contribution in [1.82, 2.24) is 14.8 Å². The Morgan fingerprint density at radius 3 is 2.65 bits per heavy atom. The van der Waals surface area contributed by atoms with Crippen molar-refractivity contribution in [3.63, 3.8) is 0 Å². The first kappa shape index (κ1) is 20.9. The van der Waals surface area contributed by atoms with E-state index in [1.54, 1.807) is 6.07 Å². The Morgan fingerprint density at radius 2 is 1.87 bits per heavy atom. The van der Waals surface area contributed by atoms with Crippen molar-refractivity contribution < 1.29 is 22.7 Å². The van der Waals surface area contributed by atoms with Crippen LogP contribution in [0.2, 0.25) is 0 Å². The lowest BCUT2D eigenvalue weighted by molar-refractivity contribution is -0.274. The van der Waals surface area contributed by atoms with Crippen LogP contribution < -0.4 is 10.1 Å². The lowest BCUT2D eigenvalue weighted by Crippen LogP contribution is -2.17. The van der Waals surface area contributed by atoms with Crippen LogP contribution in [0.1, 0.15) is 30.7 Å². The first-order valence-electron chi connectivity index (χ1n) is 10.0. The summed E-state index contributed by atoms with van der Waals surface area (Å²) in [7, 11) is 0. The molecule has 4 rings (SSSR count). The van der Waals surface area contributed by atoms with Crippen molar-refractivity contribution in [1.29, 1.82) is 0 Å². The summed E-state index contributed by atoms with van der Waals surface area (Å²) < 4.78 is 42.7. The number of halogens is 3. The van der Waals surface area contributed by atoms with Crippen molar-refractivity contribution in [2.75, 3.05) is 5.32 Å². The third-order valence-electron chi connectivity index (χ3n) is 5.04. The summed E-state index contributed by atoms with van der Waals surface area (Å²) in [5.74, 6) is 1.17. The van der Waals surface area contributed by atoms with Crippen LogP contribution >= 0.6 is 0 Å². The fourth-order valence-corrected chi connectivity index (χ4v) is 3.63. The zero-order chi connectivity index (χ0) is 21.8. The smallest absolute Gasteiger partial charge is 0.406 e. The van der Waals surface area contributed by atoms with Crippen LogP contribution in [0.4, 0.5) is 18.9 Å². The van der Waals surface area contributed by atoms with E-state index in [1.165, 1.54) is 30.7 Å². The Morgan fingerprint density at radius 1 is 1.06 bits per heavy atom. The molecule has 0 spiro atoms. The Bertz CT molecular complexity index is 1060. The van der Waals surface area contributed by atoms with Gasteiger partial charge in [0.05, 0.1) is 6.42 Å². The zero-order valence-electron chi connectivity index (χ0n) is 16.7. The maximum Gasteiger partial charge on any atom is 0.573 e. The first-order valence-corrected chi connectivity index (χ1v) is 10.0. The SMILES string of the molecule is O=C(Cc1ccc(OC(F)(F)F)cc1)Nc1cccc(-c2nnc3n2CCCCC3)c1. The molecule has 9 heteroatoms. The highest BCUT2D eigenvalue weighted by Gasteiger charge is 2.31. The van der Waals surface area contributed by atoms with Crippen LogP contribution in [0.15, 0.2) is 48.5 Å². The maximum absolute atomic E-state index is 12.4. The number of carbonyl (C=O) groups excluding carboxylic acids is 1. The molecule has 0 fully saturated rings. The molecule has 0 atom stereocenters. The van der Waals surface area contributed by atoms with Gasteiger partial charge in [-0.2, -0.15) is 0 Å². The van der Waals surface area contributed by atoms with Crippen LogP contribution in [0.25, 0.3) is 11.4 Å². The quantitative estimate of drug-likeness (QED) is 0.634. The molecule has 2 aromatic carbocycles. The number of alkyl halides is 3. The number of aromatic nitrogens is 3. The number of ether oxygens (including phenoxy) is 1. The van der Waals surface area contributed by atoms with E-state index in [4.69, 9.17) is 0 Å². The molecule has 1 amide bonds. The van der Waals surface area contributed by atoms with Crippen LogP contribution in [-0.2, 0) is 24.2 Å². The van der Waals surface area contributed by atoms with Gasteiger partial charge >= 0.3 is 6.36 Å². The molecule has 2 heterocycles. The number of fused-ring (bicyclic) bond motifs is 1. The standard InChI is InChI=1S/C22H21F3N4O2/c23-22(24,25)31-18-10-8-15(9-11-18)13-20(30)26-17-6-4-5-16(14-17)21-28-27-19-7-2-1-3-12-29(19)21/h4-6,8-11,14H,1-3,7,12-13H2,(H,26,30). The third kappa shape index (κ3) is 5.42. The van der Waals surface area contributed by atoms with Crippen LogP contribution in [0.5, 0.6) is 5.75 Å². The molecule has 1 aromatic heterocycles. The monoisotopic (exact) mass is 430 g/mol. The first-order chi connectivity index (χ1) is 14.9. The van der Waals surface area contributed by atoms with E-state index in [0.717, 1.165) is 43.0 Å². The molecular weight excluding hydrogens is 409 g/mol. The number of benzene rings is 2. The average molecular weight is 430 g/mol. The maximum atomic E-state index is 12.4. The van der Waals surface area contributed by atoms with Gasteiger partial charge in [-0.15, -0.1) is 23.4 Å². The number of hydrogen-bond acceptors (Lipinski definition) is 4. The minimum Gasteiger partial charge on any atom is -0.406 e. The van der Waals surface area contributed by atoms with E-state index in [-0.39, 0.29) is 18.1 Å². The summed E-state index contributed by atoms with van der Waals surface area (Å²) in [6, 6.07) is 12.6. The van der Waals surface area contributed by atoms with Crippen molar-refractivity contribution in [3.8, 4) is 17.1 Å². The second kappa shape index (κ2) is 8.79. The Balaban J connectivity index is 1.42. The number of anilines is 1. The fraction of sp³-hybridized carbons (Fsp3) is 0.318. The molecule has 1 N–H and O–H groups in total. The molecule has 1 aliphatic heterocycles.